The second-order valence-electron chi connectivity index (χ2n) is 4.72. The average molecular weight is 284 g/mol. The van der Waals surface area contributed by atoms with Crippen molar-refractivity contribution in [2.45, 2.75) is 13.8 Å². The maximum absolute atomic E-state index is 9.86. The highest BCUT2D eigenvalue weighted by Gasteiger charge is 2.04. The lowest BCUT2D eigenvalue weighted by Gasteiger charge is -2.17. The largest absolute Gasteiger partial charge is 0.507 e. The van der Waals surface area contributed by atoms with E-state index in [1.807, 2.05) is 24.1 Å². The van der Waals surface area contributed by atoms with Crippen molar-refractivity contribution in [1.82, 2.24) is 0 Å². The Morgan fingerprint density at radius 1 is 1.19 bits per heavy atom. The molecule has 0 saturated carbocycles. The SMILES string of the molecule is CCN(/N=C/c1cc(OC)ccc1O)c1ccc(C)cc1. The first kappa shape index (κ1) is 14.9. The van der Waals surface area contributed by atoms with Gasteiger partial charge in [-0.15, -0.1) is 0 Å². The molecule has 110 valence electrons. The third-order valence-corrected chi connectivity index (χ3v) is 3.20. The standard InChI is InChI=1S/C17H20N2O2/c1-4-19(15-7-5-13(2)6-8-15)18-12-14-11-16(21-3)9-10-17(14)20/h5-12,20H,4H2,1-3H3/b18-12+. The van der Waals surface area contributed by atoms with Crippen molar-refractivity contribution in [1.29, 1.82) is 0 Å². The van der Waals surface area contributed by atoms with Crippen molar-refractivity contribution in [2.24, 2.45) is 5.10 Å². The summed E-state index contributed by atoms with van der Waals surface area (Å²) in [7, 11) is 1.60. The molecule has 0 aromatic heterocycles. The van der Waals surface area contributed by atoms with E-state index in [-0.39, 0.29) is 5.75 Å². The minimum Gasteiger partial charge on any atom is -0.507 e. The molecule has 2 aromatic rings. The van der Waals surface area contributed by atoms with Gasteiger partial charge in [0.1, 0.15) is 11.5 Å². The van der Waals surface area contributed by atoms with Crippen molar-refractivity contribution >= 4 is 11.9 Å². The van der Waals surface area contributed by atoms with Gasteiger partial charge in [-0.2, -0.15) is 5.10 Å². The van der Waals surface area contributed by atoms with Crippen LogP contribution in [-0.4, -0.2) is 25.0 Å². The summed E-state index contributed by atoms with van der Waals surface area (Å²) in [5, 5.41) is 16.2. The van der Waals surface area contributed by atoms with Gasteiger partial charge in [0.15, 0.2) is 0 Å². The number of anilines is 1. The molecule has 4 nitrogen and oxygen atoms in total. The van der Waals surface area contributed by atoms with Crippen LogP contribution in [-0.2, 0) is 0 Å². The minimum absolute atomic E-state index is 0.180. The summed E-state index contributed by atoms with van der Waals surface area (Å²) >= 11 is 0. The maximum Gasteiger partial charge on any atom is 0.124 e. The van der Waals surface area contributed by atoms with Crippen molar-refractivity contribution in [3.63, 3.8) is 0 Å². The number of phenolic OH excluding ortho intramolecular Hbond substituents is 1. The van der Waals surface area contributed by atoms with Crippen LogP contribution >= 0.6 is 0 Å². The van der Waals surface area contributed by atoms with Crippen LogP contribution in [0.2, 0.25) is 0 Å². The number of phenols is 1. The van der Waals surface area contributed by atoms with Crippen LogP contribution in [0.5, 0.6) is 11.5 Å². The molecule has 2 aromatic carbocycles. The molecule has 0 aliphatic heterocycles. The highest BCUT2D eigenvalue weighted by atomic mass is 16.5. The second-order valence-corrected chi connectivity index (χ2v) is 4.72. The zero-order valence-electron chi connectivity index (χ0n) is 12.6. The van der Waals surface area contributed by atoms with Crippen LogP contribution < -0.4 is 9.75 Å². The third kappa shape index (κ3) is 3.75. The maximum atomic E-state index is 9.86. The molecule has 0 spiro atoms. The van der Waals surface area contributed by atoms with Gasteiger partial charge < -0.3 is 9.84 Å². The Bertz CT molecular complexity index is 621. The summed E-state index contributed by atoms with van der Waals surface area (Å²) in [6.45, 7) is 4.82. The van der Waals surface area contributed by atoms with Crippen LogP contribution in [0.25, 0.3) is 0 Å². The molecule has 0 bridgehead atoms. The smallest absolute Gasteiger partial charge is 0.124 e. The third-order valence-electron chi connectivity index (χ3n) is 3.20. The monoisotopic (exact) mass is 284 g/mol. The molecule has 2 rings (SSSR count). The van der Waals surface area contributed by atoms with E-state index in [9.17, 15) is 5.11 Å². The van der Waals surface area contributed by atoms with Gasteiger partial charge in [0.25, 0.3) is 0 Å². The summed E-state index contributed by atoms with van der Waals surface area (Å²) in [4.78, 5) is 0. The highest BCUT2D eigenvalue weighted by Crippen LogP contribution is 2.22. The number of hydrazone groups is 1. The van der Waals surface area contributed by atoms with Crippen LogP contribution in [0.1, 0.15) is 18.1 Å². The number of ether oxygens (including phenoxy) is 1. The number of aromatic hydroxyl groups is 1. The topological polar surface area (TPSA) is 45.1 Å². The van der Waals surface area contributed by atoms with Crippen molar-refractivity contribution in [3.05, 3.63) is 53.6 Å². The summed E-state index contributed by atoms with van der Waals surface area (Å²) < 4.78 is 5.15. The quantitative estimate of drug-likeness (QED) is 0.674. The van der Waals surface area contributed by atoms with Crippen molar-refractivity contribution < 1.29 is 9.84 Å². The molecule has 4 heteroatoms. The normalized spacial score (nSPS) is 10.8. The lowest BCUT2D eigenvalue weighted by Crippen LogP contribution is -2.15. The van der Waals surface area contributed by atoms with Crippen LogP contribution in [0.15, 0.2) is 47.6 Å². The molecular weight excluding hydrogens is 264 g/mol. The van der Waals surface area contributed by atoms with E-state index in [1.165, 1.54) is 5.56 Å². The Morgan fingerprint density at radius 3 is 2.52 bits per heavy atom. The predicted molar refractivity (Wildman–Crippen MR) is 86.5 cm³/mol. The van der Waals surface area contributed by atoms with Gasteiger partial charge in [-0.1, -0.05) is 17.7 Å². The second kappa shape index (κ2) is 6.79. The van der Waals surface area contributed by atoms with Gasteiger partial charge >= 0.3 is 0 Å². The first-order valence-electron chi connectivity index (χ1n) is 6.89. The van der Waals surface area contributed by atoms with Crippen molar-refractivity contribution in [3.8, 4) is 11.5 Å². The lowest BCUT2D eigenvalue weighted by molar-refractivity contribution is 0.412. The summed E-state index contributed by atoms with van der Waals surface area (Å²) in [6, 6.07) is 13.2. The molecule has 0 aliphatic rings. The molecular formula is C17H20N2O2. The molecule has 0 heterocycles. The Morgan fingerprint density at radius 2 is 1.90 bits per heavy atom. The number of hydrogen-bond acceptors (Lipinski definition) is 4. The van der Waals surface area contributed by atoms with Gasteiger partial charge in [-0.05, 0) is 44.2 Å². The number of rotatable bonds is 5. The summed E-state index contributed by atoms with van der Waals surface area (Å²) in [5.41, 5.74) is 2.85. The van der Waals surface area contributed by atoms with E-state index < -0.39 is 0 Å². The fourth-order valence-corrected chi connectivity index (χ4v) is 1.94. The molecule has 1 N–H and O–H groups in total. The van der Waals surface area contributed by atoms with E-state index in [4.69, 9.17) is 4.74 Å². The van der Waals surface area contributed by atoms with E-state index >= 15 is 0 Å². The van der Waals surface area contributed by atoms with E-state index in [0.29, 0.717) is 11.3 Å². The predicted octanol–water partition coefficient (Wildman–Crippen LogP) is 3.57. The first-order chi connectivity index (χ1) is 10.1. The minimum atomic E-state index is 0.180. The fraction of sp³-hybridized carbons (Fsp3) is 0.235. The zero-order valence-corrected chi connectivity index (χ0v) is 12.6. The molecule has 0 saturated heterocycles. The molecule has 0 aliphatic carbocycles. The van der Waals surface area contributed by atoms with E-state index in [1.54, 1.807) is 31.5 Å². The van der Waals surface area contributed by atoms with E-state index in [0.717, 1.165) is 12.2 Å². The van der Waals surface area contributed by atoms with Crippen molar-refractivity contribution in [2.75, 3.05) is 18.7 Å². The Kier molecular flexibility index (Phi) is 4.82. The van der Waals surface area contributed by atoms with Crippen LogP contribution in [0, 0.1) is 6.92 Å². The van der Waals surface area contributed by atoms with Crippen LogP contribution in [0.4, 0.5) is 5.69 Å². The van der Waals surface area contributed by atoms with Gasteiger partial charge in [-0.3, -0.25) is 5.01 Å². The molecule has 21 heavy (non-hydrogen) atoms. The lowest BCUT2D eigenvalue weighted by atomic mass is 10.2. The molecule has 0 amide bonds. The van der Waals surface area contributed by atoms with Gasteiger partial charge in [-0.25, -0.2) is 0 Å². The number of hydrogen-bond donors (Lipinski definition) is 1. The molecule has 0 fully saturated rings. The summed E-state index contributed by atoms with van der Waals surface area (Å²) in [6.07, 6.45) is 1.64. The molecule has 0 radical (unpaired) electrons. The fourth-order valence-electron chi connectivity index (χ4n) is 1.94. The zero-order chi connectivity index (χ0) is 15.2. The Labute approximate surface area is 125 Å². The van der Waals surface area contributed by atoms with Gasteiger partial charge in [0.05, 0.1) is 19.0 Å². The Balaban J connectivity index is 2.23. The van der Waals surface area contributed by atoms with Gasteiger partial charge in [0, 0.05) is 12.1 Å². The number of nitrogens with zero attached hydrogens (tertiary/aromatic N) is 2. The van der Waals surface area contributed by atoms with E-state index in [2.05, 4.69) is 24.2 Å². The summed E-state index contributed by atoms with van der Waals surface area (Å²) in [5.74, 6) is 0.868. The molecule has 0 unspecified atom stereocenters. The number of benzene rings is 2. The number of aryl methyl sites for hydroxylation is 1. The average Bonchev–Trinajstić information content (AvgIpc) is 2.51. The first-order valence-corrected chi connectivity index (χ1v) is 6.89. The van der Waals surface area contributed by atoms with Gasteiger partial charge in [0.2, 0.25) is 0 Å². The molecule has 0 atom stereocenters. The number of methoxy groups -OCH3 is 1. The van der Waals surface area contributed by atoms with Crippen LogP contribution in [0.3, 0.4) is 0 Å². The highest BCUT2D eigenvalue weighted by molar-refractivity contribution is 5.84. The Hall–Kier alpha value is -2.49.